The molecule has 0 aliphatic rings. The van der Waals surface area contributed by atoms with Crippen LogP contribution in [0.25, 0.3) is 0 Å². The van der Waals surface area contributed by atoms with E-state index in [4.69, 9.17) is 0 Å². The molecular formula is C13H19BrN2O2. The van der Waals surface area contributed by atoms with E-state index < -0.39 is 0 Å². The van der Waals surface area contributed by atoms with Crippen LogP contribution in [0.5, 0.6) is 0 Å². The molecule has 0 unspecified atom stereocenters. The molecule has 1 aromatic rings. The maximum absolute atomic E-state index is 10.8. The highest BCUT2D eigenvalue weighted by molar-refractivity contribution is 9.10. The van der Waals surface area contributed by atoms with Gasteiger partial charge >= 0.3 is 0 Å². The van der Waals surface area contributed by atoms with Gasteiger partial charge in [0.1, 0.15) is 0 Å². The van der Waals surface area contributed by atoms with Gasteiger partial charge in [-0.3, -0.25) is 10.1 Å². The van der Waals surface area contributed by atoms with E-state index >= 15 is 0 Å². The number of nitro benzene ring substituents is 1. The van der Waals surface area contributed by atoms with Crippen molar-refractivity contribution in [1.29, 1.82) is 0 Å². The Morgan fingerprint density at radius 2 is 2.06 bits per heavy atom. The molecule has 18 heavy (non-hydrogen) atoms. The minimum atomic E-state index is -0.361. The van der Waals surface area contributed by atoms with Crippen molar-refractivity contribution in [2.45, 2.75) is 34.1 Å². The van der Waals surface area contributed by atoms with E-state index in [-0.39, 0.29) is 16.0 Å². The summed E-state index contributed by atoms with van der Waals surface area (Å²) in [6.07, 6.45) is 1.07. The molecule has 1 rings (SSSR count). The third kappa shape index (κ3) is 3.70. The fraction of sp³-hybridized carbons (Fsp3) is 0.538. The molecule has 0 radical (unpaired) electrons. The summed E-state index contributed by atoms with van der Waals surface area (Å²) in [6.45, 7) is 9.11. The van der Waals surface area contributed by atoms with Gasteiger partial charge in [0, 0.05) is 28.3 Å². The second kappa shape index (κ2) is 5.69. The van der Waals surface area contributed by atoms with Crippen molar-refractivity contribution in [3.05, 3.63) is 32.3 Å². The van der Waals surface area contributed by atoms with Crippen LogP contribution in [0, 0.1) is 22.5 Å². The van der Waals surface area contributed by atoms with Gasteiger partial charge in [0.25, 0.3) is 5.69 Å². The van der Waals surface area contributed by atoms with Crippen LogP contribution >= 0.6 is 15.9 Å². The Morgan fingerprint density at radius 3 is 2.56 bits per heavy atom. The zero-order chi connectivity index (χ0) is 13.9. The molecule has 5 heteroatoms. The molecular weight excluding hydrogens is 296 g/mol. The van der Waals surface area contributed by atoms with Crippen LogP contribution in [0.1, 0.15) is 32.8 Å². The van der Waals surface area contributed by atoms with E-state index in [0.29, 0.717) is 5.56 Å². The summed E-state index contributed by atoms with van der Waals surface area (Å²) in [6, 6.07) is 3.37. The normalized spacial score (nSPS) is 11.4. The quantitative estimate of drug-likeness (QED) is 0.642. The van der Waals surface area contributed by atoms with E-state index in [9.17, 15) is 10.1 Å². The van der Waals surface area contributed by atoms with Crippen molar-refractivity contribution in [3.63, 3.8) is 0 Å². The lowest BCUT2D eigenvalue weighted by Gasteiger charge is -2.24. The minimum Gasteiger partial charge on any atom is -0.384 e. The molecule has 1 aromatic carbocycles. The molecule has 0 atom stereocenters. The predicted octanol–water partition coefficient (Wildman–Crippen LogP) is 4.51. The zero-order valence-corrected chi connectivity index (χ0v) is 12.8. The molecule has 0 amide bonds. The summed E-state index contributed by atoms with van der Waals surface area (Å²) >= 11 is 3.37. The van der Waals surface area contributed by atoms with Crippen molar-refractivity contribution in [1.82, 2.24) is 0 Å². The van der Waals surface area contributed by atoms with Crippen LogP contribution in [0.15, 0.2) is 16.6 Å². The summed E-state index contributed by atoms with van der Waals surface area (Å²) in [5.41, 5.74) is 1.91. The molecule has 0 bridgehead atoms. The third-order valence-corrected chi connectivity index (χ3v) is 3.85. The topological polar surface area (TPSA) is 55.2 Å². The lowest BCUT2D eigenvalue weighted by Crippen LogP contribution is -2.22. The Kier molecular flexibility index (Phi) is 4.73. The first-order chi connectivity index (χ1) is 8.26. The Morgan fingerprint density at radius 1 is 1.44 bits per heavy atom. The molecule has 0 saturated carbocycles. The summed E-state index contributed by atoms with van der Waals surface area (Å²) in [5, 5.41) is 14.2. The molecule has 4 nitrogen and oxygen atoms in total. The maximum atomic E-state index is 10.8. The van der Waals surface area contributed by atoms with Crippen molar-refractivity contribution >= 4 is 27.3 Å². The summed E-state index contributed by atoms with van der Waals surface area (Å²) < 4.78 is 0.728. The highest BCUT2D eigenvalue weighted by Crippen LogP contribution is 2.31. The highest BCUT2D eigenvalue weighted by Gasteiger charge is 2.17. The number of aryl methyl sites for hydroxylation is 1. The van der Waals surface area contributed by atoms with Gasteiger partial charge in [-0.2, -0.15) is 0 Å². The Hall–Kier alpha value is -1.10. The molecule has 0 heterocycles. The Labute approximate surface area is 116 Å². The number of rotatable bonds is 5. The number of nitrogens with one attached hydrogen (secondary N) is 1. The highest BCUT2D eigenvalue weighted by atomic mass is 79.9. The van der Waals surface area contributed by atoms with Crippen LogP contribution in [-0.2, 0) is 0 Å². The van der Waals surface area contributed by atoms with Crippen molar-refractivity contribution in [2.75, 3.05) is 11.9 Å². The van der Waals surface area contributed by atoms with Crippen molar-refractivity contribution in [2.24, 2.45) is 5.41 Å². The smallest absolute Gasteiger partial charge is 0.273 e. The molecule has 100 valence electrons. The fourth-order valence-corrected chi connectivity index (χ4v) is 1.93. The van der Waals surface area contributed by atoms with Crippen LogP contribution in [0.4, 0.5) is 11.4 Å². The first-order valence-corrected chi connectivity index (χ1v) is 6.74. The van der Waals surface area contributed by atoms with Gasteiger partial charge in [-0.1, -0.05) is 20.8 Å². The van der Waals surface area contributed by atoms with Gasteiger partial charge in [-0.15, -0.1) is 0 Å². The third-order valence-electron chi connectivity index (χ3n) is 3.20. The standard InChI is InChI=1S/C13H19BrN2O2/c1-5-13(3,4)8-15-11-6-9(2)12(16(17)18)7-10(11)14/h6-7,15H,5,8H2,1-4H3. The number of hydrogen-bond acceptors (Lipinski definition) is 3. The molecule has 0 aliphatic heterocycles. The number of hydrogen-bond donors (Lipinski definition) is 1. The summed E-state index contributed by atoms with van der Waals surface area (Å²) in [4.78, 5) is 10.5. The van der Waals surface area contributed by atoms with Gasteiger partial charge in [0.15, 0.2) is 0 Å². The van der Waals surface area contributed by atoms with Gasteiger partial charge in [0.2, 0.25) is 0 Å². The number of nitrogens with zero attached hydrogens (tertiary/aromatic N) is 1. The van der Waals surface area contributed by atoms with Crippen molar-refractivity contribution in [3.8, 4) is 0 Å². The molecule has 1 N–H and O–H groups in total. The van der Waals surface area contributed by atoms with Gasteiger partial charge in [-0.05, 0) is 40.8 Å². The molecule has 0 fully saturated rings. The van der Waals surface area contributed by atoms with Crippen LogP contribution in [0.3, 0.4) is 0 Å². The maximum Gasteiger partial charge on any atom is 0.273 e. The minimum absolute atomic E-state index is 0.141. The number of nitro groups is 1. The van der Waals surface area contributed by atoms with Crippen LogP contribution < -0.4 is 5.32 Å². The number of halogens is 1. The number of anilines is 1. The number of benzene rings is 1. The van der Waals surface area contributed by atoms with Gasteiger partial charge in [-0.25, -0.2) is 0 Å². The largest absolute Gasteiger partial charge is 0.384 e. The monoisotopic (exact) mass is 314 g/mol. The summed E-state index contributed by atoms with van der Waals surface area (Å²) in [5.74, 6) is 0. The lowest BCUT2D eigenvalue weighted by molar-refractivity contribution is -0.385. The Bertz CT molecular complexity index is 459. The SMILES string of the molecule is CCC(C)(C)CNc1cc(C)c([N+](=O)[O-])cc1Br. The second-order valence-electron chi connectivity index (χ2n) is 5.25. The average Bonchev–Trinajstić information content (AvgIpc) is 2.29. The van der Waals surface area contributed by atoms with Gasteiger partial charge < -0.3 is 5.32 Å². The molecule has 0 spiro atoms. The van der Waals surface area contributed by atoms with E-state index in [0.717, 1.165) is 23.1 Å². The predicted molar refractivity (Wildman–Crippen MR) is 78.1 cm³/mol. The average molecular weight is 315 g/mol. The van der Waals surface area contributed by atoms with E-state index in [2.05, 4.69) is 42.0 Å². The first kappa shape index (κ1) is 15.0. The van der Waals surface area contributed by atoms with E-state index in [1.165, 1.54) is 0 Å². The van der Waals surface area contributed by atoms with Crippen molar-refractivity contribution < 1.29 is 4.92 Å². The molecule has 0 aliphatic carbocycles. The first-order valence-electron chi connectivity index (χ1n) is 5.95. The van der Waals surface area contributed by atoms with E-state index in [1.807, 2.05) is 6.07 Å². The fourth-order valence-electron chi connectivity index (χ4n) is 1.46. The second-order valence-corrected chi connectivity index (χ2v) is 6.10. The molecule has 0 saturated heterocycles. The molecule has 0 aromatic heterocycles. The van der Waals surface area contributed by atoms with E-state index in [1.54, 1.807) is 13.0 Å². The Balaban J connectivity index is 2.92. The summed E-state index contributed by atoms with van der Waals surface area (Å²) in [7, 11) is 0. The van der Waals surface area contributed by atoms with Crippen LogP contribution in [0.2, 0.25) is 0 Å². The van der Waals surface area contributed by atoms with Crippen LogP contribution in [-0.4, -0.2) is 11.5 Å². The van der Waals surface area contributed by atoms with Gasteiger partial charge in [0.05, 0.1) is 4.92 Å². The zero-order valence-electron chi connectivity index (χ0n) is 11.2. The lowest BCUT2D eigenvalue weighted by atomic mass is 9.90.